The number of amides is 2. The van der Waals surface area contributed by atoms with Crippen molar-refractivity contribution in [1.82, 2.24) is 15.2 Å². The van der Waals surface area contributed by atoms with Crippen molar-refractivity contribution in [3.05, 3.63) is 108 Å². The summed E-state index contributed by atoms with van der Waals surface area (Å²) < 4.78 is 7.15. The molecule has 4 N–H and O–H groups in total. The number of nitrogens with zero attached hydrogens (tertiary/aromatic N) is 1. The number of hydrogen-bond donors (Lipinski definition) is 4. The Bertz CT molecular complexity index is 1470. The van der Waals surface area contributed by atoms with Crippen LogP contribution in [0.25, 0.3) is 0 Å². The number of benzene rings is 1. The lowest BCUT2D eigenvalue weighted by Crippen LogP contribution is -2.47. The molecule has 0 saturated carbocycles. The smallest absolute Gasteiger partial charge is 0.263 e. The number of carbonyl (C=O) groups excluding carboxylic acids is 2. The molecule has 1 aromatic carbocycles. The summed E-state index contributed by atoms with van der Waals surface area (Å²) in [6.07, 6.45) is 32.5. The fourth-order valence-corrected chi connectivity index (χ4v) is 5.44. The Hall–Kier alpha value is -4.08. The van der Waals surface area contributed by atoms with Gasteiger partial charge in [0.15, 0.2) is 11.5 Å². The molecule has 0 aliphatic rings. The summed E-state index contributed by atoms with van der Waals surface area (Å²) in [4.78, 5) is 25.4. The second kappa shape index (κ2) is 25.0. The molecule has 2 aromatic rings. The topological polar surface area (TPSA) is 113 Å². The van der Waals surface area contributed by atoms with Crippen LogP contribution in [-0.2, 0) is 16.1 Å². The van der Waals surface area contributed by atoms with Crippen LogP contribution in [-0.4, -0.2) is 51.0 Å². The van der Waals surface area contributed by atoms with Gasteiger partial charge in [-0.05, 0) is 83.1 Å². The van der Waals surface area contributed by atoms with Crippen LogP contribution in [0, 0.1) is 0 Å². The largest absolute Gasteiger partial charge is 0.494 e. The Kier molecular flexibility index (Phi) is 21.0. The third-order valence-corrected chi connectivity index (χ3v) is 8.46. The molecular weight excluding hydrogens is 670 g/mol. The number of aromatic nitrogens is 1. The summed E-state index contributed by atoms with van der Waals surface area (Å²) in [6, 6.07) is 8.26. The van der Waals surface area contributed by atoms with Gasteiger partial charge in [-0.25, -0.2) is 0 Å². The van der Waals surface area contributed by atoms with Gasteiger partial charge in [0, 0.05) is 42.9 Å². The summed E-state index contributed by atoms with van der Waals surface area (Å²) >= 11 is 7.21. The van der Waals surface area contributed by atoms with E-state index in [1.807, 2.05) is 6.08 Å². The molecule has 1 aromatic heterocycles. The number of thioether (sulfide) groups is 1. The summed E-state index contributed by atoms with van der Waals surface area (Å²) in [5.74, 6) is 0.437. The first-order valence-electron chi connectivity index (χ1n) is 17.3. The van der Waals surface area contributed by atoms with Crippen molar-refractivity contribution in [1.29, 1.82) is 0 Å². The molecule has 0 saturated heterocycles. The van der Waals surface area contributed by atoms with Crippen LogP contribution in [0.4, 0.5) is 0 Å². The van der Waals surface area contributed by atoms with E-state index in [1.165, 1.54) is 22.4 Å². The van der Waals surface area contributed by atoms with Crippen molar-refractivity contribution in [2.45, 2.75) is 89.2 Å². The van der Waals surface area contributed by atoms with Crippen molar-refractivity contribution < 1.29 is 24.5 Å². The van der Waals surface area contributed by atoms with E-state index in [4.69, 9.17) is 16.3 Å². The molecule has 0 fully saturated rings. The number of allylic oxidation sites excluding steroid dienone is 12. The van der Waals surface area contributed by atoms with Crippen molar-refractivity contribution in [3.8, 4) is 17.5 Å². The molecule has 10 heteroatoms. The highest BCUT2D eigenvalue weighted by Crippen LogP contribution is 2.35. The van der Waals surface area contributed by atoms with Gasteiger partial charge in [0.1, 0.15) is 5.75 Å². The van der Waals surface area contributed by atoms with Gasteiger partial charge >= 0.3 is 0 Å². The Morgan fingerprint density at radius 2 is 1.36 bits per heavy atom. The maximum absolute atomic E-state index is 12.7. The van der Waals surface area contributed by atoms with E-state index in [0.717, 1.165) is 38.5 Å². The maximum atomic E-state index is 12.7. The van der Waals surface area contributed by atoms with Crippen molar-refractivity contribution in [2.24, 2.45) is 0 Å². The number of aromatic hydroxyl groups is 2. The van der Waals surface area contributed by atoms with Crippen LogP contribution < -0.4 is 15.4 Å². The number of hydrogen-bond acceptors (Lipinski definition) is 6. The predicted octanol–water partition coefficient (Wildman–Crippen LogP) is 9.21. The molecule has 272 valence electrons. The van der Waals surface area contributed by atoms with Crippen molar-refractivity contribution in [3.63, 3.8) is 0 Å². The molecule has 2 rings (SSSR count). The molecule has 0 atom stereocenters. The van der Waals surface area contributed by atoms with Crippen LogP contribution in [0.2, 0.25) is 5.02 Å². The van der Waals surface area contributed by atoms with Crippen LogP contribution in [0.1, 0.15) is 72.1 Å². The molecule has 8 nitrogen and oxygen atoms in total. The predicted molar refractivity (Wildman–Crippen MR) is 208 cm³/mol. The highest BCUT2D eigenvalue weighted by atomic mass is 35.5. The third-order valence-electron chi connectivity index (χ3n) is 7.18. The standard InChI is InChI=1S/C40H54ClN3O5S/c1-4-5-6-7-8-9-10-11-12-13-14-15-16-17-18-19-20-21-22-23-36(45)42-28-30-44-37(46)32-35(38(44)47)50-31-29-43-39(48)40(2,3)49-34-26-24-33(41)25-27-34/h5-6,8-9,11-12,14-15,17-18,20-21,24-27,32,46-47H,4,7,10,13,16,19,22-23,28-31H2,1-3H3,(H,42,45)(H,43,48). The van der Waals surface area contributed by atoms with E-state index in [9.17, 15) is 19.8 Å². The molecule has 0 radical (unpaired) electrons. The number of nitrogens with one attached hydrogen (secondary N) is 2. The van der Waals surface area contributed by atoms with E-state index >= 15 is 0 Å². The van der Waals surface area contributed by atoms with Crippen LogP contribution in [0.5, 0.6) is 17.5 Å². The molecule has 0 bridgehead atoms. The number of rotatable bonds is 24. The molecule has 0 unspecified atom stereocenters. The van der Waals surface area contributed by atoms with Gasteiger partial charge in [-0.15, -0.1) is 11.8 Å². The number of carbonyl (C=O) groups is 2. The van der Waals surface area contributed by atoms with Crippen molar-refractivity contribution >= 4 is 35.2 Å². The van der Waals surface area contributed by atoms with E-state index in [0.29, 0.717) is 40.8 Å². The van der Waals surface area contributed by atoms with Gasteiger partial charge in [-0.3, -0.25) is 14.2 Å². The molecule has 50 heavy (non-hydrogen) atoms. The Morgan fingerprint density at radius 3 is 1.92 bits per heavy atom. The molecule has 2 amide bonds. The highest BCUT2D eigenvalue weighted by molar-refractivity contribution is 7.99. The summed E-state index contributed by atoms with van der Waals surface area (Å²) in [7, 11) is 0. The van der Waals surface area contributed by atoms with Crippen LogP contribution >= 0.6 is 23.4 Å². The SMILES string of the molecule is CCC=CCC=CCC=CCC=CCC=CCC=CCCC(=O)NCCn1c(O)cc(SCCNC(=O)C(C)(C)Oc2ccc(Cl)cc2)c1O. The average Bonchev–Trinajstić information content (AvgIpc) is 3.36. The normalized spacial score (nSPS) is 12.5. The second-order valence-corrected chi connectivity index (χ2v) is 13.4. The minimum Gasteiger partial charge on any atom is -0.494 e. The quantitative estimate of drug-likeness (QED) is 0.0488. The van der Waals surface area contributed by atoms with Crippen LogP contribution in [0.3, 0.4) is 0 Å². The molecule has 0 aliphatic carbocycles. The molecular formula is C40H54ClN3O5S. The molecule has 0 spiro atoms. The second-order valence-electron chi connectivity index (χ2n) is 11.8. The first kappa shape index (κ1) is 42.1. The molecule has 1 heterocycles. The van der Waals surface area contributed by atoms with E-state index < -0.39 is 5.60 Å². The average molecular weight is 724 g/mol. The first-order valence-corrected chi connectivity index (χ1v) is 18.6. The Balaban J connectivity index is 1.56. The summed E-state index contributed by atoms with van der Waals surface area (Å²) in [5.41, 5.74) is -1.10. The summed E-state index contributed by atoms with van der Waals surface area (Å²) in [5, 5.41) is 27.2. The first-order chi connectivity index (χ1) is 24.1. The Labute approximate surface area is 307 Å². The zero-order valence-electron chi connectivity index (χ0n) is 29.7. The van der Waals surface area contributed by atoms with Gasteiger partial charge in [0.25, 0.3) is 5.91 Å². The zero-order chi connectivity index (χ0) is 36.5. The highest BCUT2D eigenvalue weighted by Gasteiger charge is 2.29. The van der Waals surface area contributed by atoms with E-state index in [-0.39, 0.29) is 36.7 Å². The van der Waals surface area contributed by atoms with E-state index in [1.54, 1.807) is 38.1 Å². The Morgan fingerprint density at radius 1 is 0.820 bits per heavy atom. The monoisotopic (exact) mass is 723 g/mol. The minimum atomic E-state index is -1.10. The number of halogens is 1. The fourth-order valence-electron chi connectivity index (χ4n) is 4.46. The van der Waals surface area contributed by atoms with E-state index in [2.05, 4.69) is 84.4 Å². The van der Waals surface area contributed by atoms with Gasteiger partial charge in [-0.2, -0.15) is 0 Å². The van der Waals surface area contributed by atoms with Gasteiger partial charge in [0.2, 0.25) is 11.8 Å². The van der Waals surface area contributed by atoms with Gasteiger partial charge < -0.3 is 25.6 Å². The van der Waals surface area contributed by atoms with Crippen LogP contribution in [0.15, 0.2) is 108 Å². The minimum absolute atomic E-state index is 0.0857. The summed E-state index contributed by atoms with van der Waals surface area (Å²) in [6.45, 7) is 6.31. The zero-order valence-corrected chi connectivity index (χ0v) is 31.2. The van der Waals surface area contributed by atoms with Gasteiger partial charge in [-0.1, -0.05) is 91.4 Å². The maximum Gasteiger partial charge on any atom is 0.263 e. The number of ether oxygens (including phenoxy) is 1. The van der Waals surface area contributed by atoms with Gasteiger partial charge in [0.05, 0.1) is 4.90 Å². The third kappa shape index (κ3) is 18.1. The molecule has 0 aliphatic heterocycles. The lowest BCUT2D eigenvalue weighted by atomic mass is 10.1. The lowest BCUT2D eigenvalue weighted by Gasteiger charge is -2.25. The lowest BCUT2D eigenvalue weighted by molar-refractivity contribution is -0.134. The van der Waals surface area contributed by atoms with Crippen molar-refractivity contribution in [2.75, 3.05) is 18.8 Å². The fraction of sp³-hybridized carbons (Fsp3) is 0.400.